The molecule has 2 rings (SSSR count). The van der Waals surface area contributed by atoms with Crippen molar-refractivity contribution in [1.82, 2.24) is 10.3 Å². The van der Waals surface area contributed by atoms with E-state index in [0.29, 0.717) is 11.5 Å². The molecule has 1 aromatic carbocycles. The normalized spacial score (nSPS) is 9.71. The van der Waals surface area contributed by atoms with Crippen molar-refractivity contribution in [2.75, 3.05) is 7.05 Å². The molecule has 0 aliphatic heterocycles. The van der Waals surface area contributed by atoms with Gasteiger partial charge in [0.1, 0.15) is 5.75 Å². The third kappa shape index (κ3) is 2.60. The molecular weight excluding hydrogens is 216 g/mol. The number of rotatable bonds is 3. The Morgan fingerprint density at radius 2 is 1.94 bits per heavy atom. The summed E-state index contributed by atoms with van der Waals surface area (Å²) in [4.78, 5) is 15.6. The molecule has 0 aliphatic carbocycles. The van der Waals surface area contributed by atoms with E-state index in [0.717, 1.165) is 0 Å². The zero-order valence-electron chi connectivity index (χ0n) is 9.38. The molecule has 0 saturated heterocycles. The van der Waals surface area contributed by atoms with Crippen LogP contribution in [0.25, 0.3) is 0 Å². The summed E-state index contributed by atoms with van der Waals surface area (Å²) in [7, 11) is 1.56. The smallest absolute Gasteiger partial charge is 0.273 e. The molecule has 0 atom stereocenters. The molecule has 2 aromatic rings. The Bertz CT molecular complexity index is 512. The van der Waals surface area contributed by atoms with Crippen molar-refractivity contribution in [1.29, 1.82) is 0 Å². The van der Waals surface area contributed by atoms with Gasteiger partial charge in [0.2, 0.25) is 0 Å². The molecule has 1 N–H and O–H groups in total. The Hall–Kier alpha value is -2.36. The molecule has 86 valence electrons. The van der Waals surface area contributed by atoms with Crippen LogP contribution in [-0.4, -0.2) is 17.9 Å². The fourth-order valence-electron chi connectivity index (χ4n) is 1.38. The number of carbonyl (C=O) groups excluding carboxylic acids is 1. The second-order valence-electron chi connectivity index (χ2n) is 3.34. The minimum atomic E-state index is -0.267. The number of hydrogen-bond donors (Lipinski definition) is 1. The Morgan fingerprint density at radius 1 is 1.18 bits per heavy atom. The van der Waals surface area contributed by atoms with Gasteiger partial charge in [0.15, 0.2) is 11.4 Å². The van der Waals surface area contributed by atoms with Crippen molar-refractivity contribution in [3.8, 4) is 11.5 Å². The number of nitrogens with zero attached hydrogens (tertiary/aromatic N) is 1. The lowest BCUT2D eigenvalue weighted by atomic mass is 10.3. The van der Waals surface area contributed by atoms with E-state index < -0.39 is 0 Å². The van der Waals surface area contributed by atoms with Gasteiger partial charge in [-0.15, -0.1) is 0 Å². The first-order chi connectivity index (χ1) is 8.31. The molecule has 4 heteroatoms. The van der Waals surface area contributed by atoms with Crippen molar-refractivity contribution in [2.45, 2.75) is 0 Å². The van der Waals surface area contributed by atoms with Gasteiger partial charge in [0.05, 0.1) is 0 Å². The van der Waals surface area contributed by atoms with E-state index in [1.165, 1.54) is 0 Å². The van der Waals surface area contributed by atoms with Crippen molar-refractivity contribution in [3.05, 3.63) is 54.4 Å². The largest absolute Gasteiger partial charge is 0.455 e. The third-order valence-corrected chi connectivity index (χ3v) is 2.18. The van der Waals surface area contributed by atoms with E-state index in [1.807, 2.05) is 30.3 Å². The molecule has 0 spiro atoms. The average molecular weight is 228 g/mol. The number of para-hydroxylation sites is 1. The average Bonchev–Trinajstić information content (AvgIpc) is 2.40. The Balaban J connectivity index is 2.30. The molecule has 0 saturated carbocycles. The van der Waals surface area contributed by atoms with Gasteiger partial charge < -0.3 is 10.1 Å². The summed E-state index contributed by atoms with van der Waals surface area (Å²) in [5, 5.41) is 2.53. The highest BCUT2D eigenvalue weighted by molar-refractivity contribution is 5.94. The van der Waals surface area contributed by atoms with E-state index >= 15 is 0 Å². The van der Waals surface area contributed by atoms with Crippen LogP contribution in [0.15, 0.2) is 48.7 Å². The lowest BCUT2D eigenvalue weighted by molar-refractivity contribution is 0.0955. The fourth-order valence-corrected chi connectivity index (χ4v) is 1.38. The Morgan fingerprint density at radius 3 is 2.65 bits per heavy atom. The second-order valence-corrected chi connectivity index (χ2v) is 3.34. The molecule has 0 radical (unpaired) electrons. The quantitative estimate of drug-likeness (QED) is 0.876. The van der Waals surface area contributed by atoms with E-state index in [2.05, 4.69) is 10.3 Å². The Kier molecular flexibility index (Phi) is 3.35. The molecule has 0 bridgehead atoms. The maximum Gasteiger partial charge on any atom is 0.273 e. The highest BCUT2D eigenvalue weighted by atomic mass is 16.5. The zero-order chi connectivity index (χ0) is 12.1. The van der Waals surface area contributed by atoms with Crippen LogP contribution in [0.4, 0.5) is 0 Å². The number of hydrogen-bond acceptors (Lipinski definition) is 3. The van der Waals surface area contributed by atoms with Crippen LogP contribution in [-0.2, 0) is 0 Å². The van der Waals surface area contributed by atoms with Crippen molar-refractivity contribution in [2.24, 2.45) is 0 Å². The van der Waals surface area contributed by atoms with Gasteiger partial charge in [-0.05, 0) is 24.3 Å². The number of amides is 1. The summed E-state index contributed by atoms with van der Waals surface area (Å²) in [6.45, 7) is 0. The number of benzene rings is 1. The molecule has 0 aliphatic rings. The number of aromatic nitrogens is 1. The van der Waals surface area contributed by atoms with Crippen LogP contribution in [0.3, 0.4) is 0 Å². The van der Waals surface area contributed by atoms with Gasteiger partial charge in [-0.25, -0.2) is 4.98 Å². The van der Waals surface area contributed by atoms with Crippen LogP contribution in [0.5, 0.6) is 11.5 Å². The van der Waals surface area contributed by atoms with Crippen LogP contribution in [0, 0.1) is 0 Å². The summed E-state index contributed by atoms with van der Waals surface area (Å²) < 4.78 is 5.61. The third-order valence-electron chi connectivity index (χ3n) is 2.18. The van der Waals surface area contributed by atoms with Crippen LogP contribution in [0.2, 0.25) is 0 Å². The summed E-state index contributed by atoms with van der Waals surface area (Å²) >= 11 is 0. The molecule has 1 heterocycles. The van der Waals surface area contributed by atoms with Gasteiger partial charge in [0.25, 0.3) is 5.91 Å². The molecule has 0 unspecified atom stereocenters. The second kappa shape index (κ2) is 5.12. The predicted molar refractivity (Wildman–Crippen MR) is 64.1 cm³/mol. The van der Waals surface area contributed by atoms with E-state index in [9.17, 15) is 4.79 Å². The van der Waals surface area contributed by atoms with E-state index in [4.69, 9.17) is 4.74 Å². The first kappa shape index (κ1) is 11.1. The van der Waals surface area contributed by atoms with Crippen molar-refractivity contribution < 1.29 is 9.53 Å². The molecule has 0 fully saturated rings. The minimum absolute atomic E-state index is 0.267. The molecule has 1 aromatic heterocycles. The number of nitrogens with one attached hydrogen (secondary N) is 1. The standard InChI is InChI=1S/C13H12N2O2/c1-14-13(16)12-11(8-5-9-15-12)17-10-6-3-2-4-7-10/h2-9H,1H3,(H,14,16). The lowest BCUT2D eigenvalue weighted by Gasteiger charge is -2.08. The van der Waals surface area contributed by atoms with Gasteiger partial charge in [0, 0.05) is 13.2 Å². The minimum Gasteiger partial charge on any atom is -0.455 e. The van der Waals surface area contributed by atoms with Gasteiger partial charge in [-0.2, -0.15) is 0 Å². The summed E-state index contributed by atoms with van der Waals surface area (Å²) in [5.41, 5.74) is 0.277. The van der Waals surface area contributed by atoms with E-state index in [-0.39, 0.29) is 11.6 Å². The Labute approximate surface area is 99.3 Å². The summed E-state index contributed by atoms with van der Waals surface area (Å²) in [5.74, 6) is 0.847. The highest BCUT2D eigenvalue weighted by Crippen LogP contribution is 2.23. The predicted octanol–water partition coefficient (Wildman–Crippen LogP) is 2.23. The maximum atomic E-state index is 11.6. The van der Waals surface area contributed by atoms with E-state index in [1.54, 1.807) is 25.4 Å². The first-order valence-corrected chi connectivity index (χ1v) is 5.21. The molecule has 4 nitrogen and oxygen atoms in total. The first-order valence-electron chi connectivity index (χ1n) is 5.21. The summed E-state index contributed by atoms with van der Waals surface area (Å²) in [6.07, 6.45) is 1.56. The fraction of sp³-hybridized carbons (Fsp3) is 0.0769. The van der Waals surface area contributed by atoms with Gasteiger partial charge in [-0.3, -0.25) is 4.79 Å². The lowest BCUT2D eigenvalue weighted by Crippen LogP contribution is -2.19. The highest BCUT2D eigenvalue weighted by Gasteiger charge is 2.12. The van der Waals surface area contributed by atoms with Crippen LogP contribution >= 0.6 is 0 Å². The maximum absolute atomic E-state index is 11.6. The SMILES string of the molecule is CNC(=O)c1ncccc1Oc1ccccc1. The topological polar surface area (TPSA) is 51.2 Å². The number of pyridine rings is 1. The van der Waals surface area contributed by atoms with Crippen molar-refractivity contribution in [3.63, 3.8) is 0 Å². The van der Waals surface area contributed by atoms with Crippen molar-refractivity contribution >= 4 is 5.91 Å². The molecule has 1 amide bonds. The molecular formula is C13H12N2O2. The van der Waals surface area contributed by atoms with Gasteiger partial charge in [-0.1, -0.05) is 18.2 Å². The van der Waals surface area contributed by atoms with Crippen LogP contribution < -0.4 is 10.1 Å². The zero-order valence-corrected chi connectivity index (χ0v) is 9.38. The number of carbonyl (C=O) groups is 1. The summed E-state index contributed by atoms with van der Waals surface area (Å²) in [6, 6.07) is 12.7. The van der Waals surface area contributed by atoms with Crippen LogP contribution in [0.1, 0.15) is 10.5 Å². The number of ether oxygens (including phenoxy) is 1. The van der Waals surface area contributed by atoms with Gasteiger partial charge >= 0.3 is 0 Å². The molecule has 17 heavy (non-hydrogen) atoms. The monoisotopic (exact) mass is 228 g/mol.